The SMILES string of the molecule is CN(C)C=Nc1ncnn2c([C@@H]3O[C@](C#N)(CO)[C@@H](O)[C@H]3O)ccc12. The van der Waals surface area contributed by atoms with Crippen LogP contribution >= 0.6 is 0 Å². The number of fused-ring (bicyclic) bond motifs is 1. The highest BCUT2D eigenvalue weighted by Crippen LogP contribution is 2.40. The summed E-state index contributed by atoms with van der Waals surface area (Å²) in [5.74, 6) is 0.414. The second kappa shape index (κ2) is 6.38. The minimum atomic E-state index is -1.88. The van der Waals surface area contributed by atoms with Gasteiger partial charge in [-0.05, 0) is 12.1 Å². The zero-order valence-corrected chi connectivity index (χ0v) is 13.7. The first-order valence-electron chi connectivity index (χ1n) is 7.53. The molecule has 0 amide bonds. The van der Waals surface area contributed by atoms with Crippen molar-refractivity contribution in [2.45, 2.75) is 23.9 Å². The molecule has 25 heavy (non-hydrogen) atoms. The maximum atomic E-state index is 10.3. The van der Waals surface area contributed by atoms with Crippen molar-refractivity contribution in [1.82, 2.24) is 19.5 Å². The van der Waals surface area contributed by atoms with E-state index in [1.165, 1.54) is 10.8 Å². The summed E-state index contributed by atoms with van der Waals surface area (Å²) in [7, 11) is 3.65. The third kappa shape index (κ3) is 2.73. The van der Waals surface area contributed by atoms with E-state index >= 15 is 0 Å². The fraction of sp³-hybridized carbons (Fsp3) is 0.467. The molecule has 10 heteroatoms. The summed E-state index contributed by atoms with van der Waals surface area (Å²) in [5.41, 5.74) is -0.900. The number of nitrogens with zero attached hydrogens (tertiary/aromatic N) is 6. The van der Waals surface area contributed by atoms with Gasteiger partial charge in [-0.2, -0.15) is 10.4 Å². The van der Waals surface area contributed by atoms with Crippen LogP contribution < -0.4 is 0 Å². The van der Waals surface area contributed by atoms with Crippen LogP contribution in [0, 0.1) is 11.3 Å². The van der Waals surface area contributed by atoms with Crippen molar-refractivity contribution in [1.29, 1.82) is 5.26 Å². The van der Waals surface area contributed by atoms with Crippen LogP contribution in [0.3, 0.4) is 0 Å². The highest BCUT2D eigenvalue weighted by Gasteiger charge is 2.55. The molecule has 2 aromatic rings. The Balaban J connectivity index is 2.04. The van der Waals surface area contributed by atoms with Gasteiger partial charge in [0.15, 0.2) is 5.82 Å². The molecule has 3 heterocycles. The Hall–Kier alpha value is -2.58. The van der Waals surface area contributed by atoms with Crippen LogP contribution in [0.15, 0.2) is 23.5 Å². The molecule has 3 rings (SSSR count). The van der Waals surface area contributed by atoms with Crippen molar-refractivity contribution in [3.63, 3.8) is 0 Å². The van der Waals surface area contributed by atoms with Gasteiger partial charge < -0.3 is 25.0 Å². The molecule has 3 N–H and O–H groups in total. The topological polar surface area (TPSA) is 140 Å². The van der Waals surface area contributed by atoms with Crippen molar-refractivity contribution in [2.75, 3.05) is 20.7 Å². The van der Waals surface area contributed by atoms with E-state index in [1.54, 1.807) is 29.4 Å². The smallest absolute Gasteiger partial charge is 0.206 e. The van der Waals surface area contributed by atoms with E-state index in [9.17, 15) is 20.6 Å². The van der Waals surface area contributed by atoms with E-state index in [-0.39, 0.29) is 0 Å². The Bertz CT molecular complexity index is 844. The van der Waals surface area contributed by atoms with Crippen LogP contribution in [0.5, 0.6) is 0 Å². The lowest BCUT2D eigenvalue weighted by atomic mass is 9.96. The molecule has 0 spiro atoms. The first-order valence-corrected chi connectivity index (χ1v) is 7.53. The molecule has 0 saturated carbocycles. The van der Waals surface area contributed by atoms with E-state index in [0.717, 1.165) is 0 Å². The Kier molecular flexibility index (Phi) is 4.40. The number of nitriles is 1. The average molecular weight is 346 g/mol. The number of ether oxygens (including phenoxy) is 1. The molecule has 132 valence electrons. The summed E-state index contributed by atoms with van der Waals surface area (Å²) in [6.45, 7) is -0.741. The fourth-order valence-electron chi connectivity index (χ4n) is 2.73. The van der Waals surface area contributed by atoms with Gasteiger partial charge in [0.05, 0.1) is 18.6 Å². The summed E-state index contributed by atoms with van der Waals surface area (Å²) < 4.78 is 7.00. The fourth-order valence-corrected chi connectivity index (χ4v) is 2.73. The molecular weight excluding hydrogens is 328 g/mol. The Morgan fingerprint density at radius 1 is 1.48 bits per heavy atom. The van der Waals surface area contributed by atoms with Gasteiger partial charge >= 0.3 is 0 Å². The lowest BCUT2D eigenvalue weighted by Gasteiger charge is -2.21. The van der Waals surface area contributed by atoms with Gasteiger partial charge in [0.1, 0.15) is 36.2 Å². The highest BCUT2D eigenvalue weighted by molar-refractivity contribution is 5.70. The van der Waals surface area contributed by atoms with Crippen molar-refractivity contribution < 1.29 is 20.1 Å². The van der Waals surface area contributed by atoms with Gasteiger partial charge in [0.2, 0.25) is 5.60 Å². The van der Waals surface area contributed by atoms with Crippen molar-refractivity contribution >= 4 is 17.7 Å². The Labute approximate surface area is 143 Å². The minimum Gasteiger partial charge on any atom is -0.392 e. The minimum absolute atomic E-state index is 0.413. The summed E-state index contributed by atoms with van der Waals surface area (Å²) in [6, 6.07) is 5.08. The third-order valence-electron chi connectivity index (χ3n) is 4.04. The molecule has 1 saturated heterocycles. The highest BCUT2D eigenvalue weighted by atomic mass is 16.6. The monoisotopic (exact) mass is 346 g/mol. The summed E-state index contributed by atoms with van der Waals surface area (Å²) in [4.78, 5) is 10.1. The number of aliphatic hydroxyl groups excluding tert-OH is 3. The standard InChI is InChI=1S/C15H18N6O4/c1-20(2)8-18-14-10-4-3-9(21(10)19-7-17-14)12-11(23)13(24)15(5-16,6-22)25-12/h3-4,7-8,11-13,22-24H,6H2,1-2H3/t11-,12-,13-,15+/m0/s1. The van der Waals surface area contributed by atoms with Crippen LogP contribution in [0.25, 0.3) is 5.52 Å². The Morgan fingerprint density at radius 2 is 2.24 bits per heavy atom. The molecule has 1 aliphatic heterocycles. The molecular formula is C15H18N6O4. The van der Waals surface area contributed by atoms with Gasteiger partial charge in [-0.3, -0.25) is 0 Å². The molecule has 4 atom stereocenters. The van der Waals surface area contributed by atoms with Crippen LogP contribution in [-0.2, 0) is 4.74 Å². The number of hydrogen-bond donors (Lipinski definition) is 3. The second-order valence-electron chi connectivity index (χ2n) is 5.98. The summed E-state index contributed by atoms with van der Waals surface area (Å²) >= 11 is 0. The van der Waals surface area contributed by atoms with Gasteiger partial charge in [0.25, 0.3) is 0 Å². The maximum Gasteiger partial charge on any atom is 0.206 e. The zero-order valence-electron chi connectivity index (χ0n) is 13.7. The van der Waals surface area contributed by atoms with Crippen molar-refractivity contribution in [2.24, 2.45) is 4.99 Å². The maximum absolute atomic E-state index is 10.3. The van der Waals surface area contributed by atoms with E-state index < -0.39 is 30.5 Å². The third-order valence-corrected chi connectivity index (χ3v) is 4.04. The number of aromatic nitrogens is 3. The number of aliphatic hydroxyl groups is 3. The first kappa shape index (κ1) is 17.2. The molecule has 10 nitrogen and oxygen atoms in total. The number of hydrogen-bond acceptors (Lipinski definition) is 8. The van der Waals surface area contributed by atoms with E-state index in [0.29, 0.717) is 17.0 Å². The second-order valence-corrected chi connectivity index (χ2v) is 5.98. The first-order chi connectivity index (χ1) is 11.9. The van der Waals surface area contributed by atoms with Crippen molar-refractivity contribution in [3.05, 3.63) is 24.2 Å². The van der Waals surface area contributed by atoms with Crippen LogP contribution in [-0.4, -0.2) is 79.7 Å². The zero-order chi connectivity index (χ0) is 18.2. The molecule has 1 aliphatic rings. The predicted octanol–water partition coefficient (Wildman–Crippen LogP) is -1.00. The lowest BCUT2D eigenvalue weighted by Crippen LogP contribution is -2.44. The van der Waals surface area contributed by atoms with Gasteiger partial charge in [-0.15, -0.1) is 0 Å². The largest absolute Gasteiger partial charge is 0.392 e. The molecule has 0 bridgehead atoms. The van der Waals surface area contributed by atoms with Crippen LogP contribution in [0.2, 0.25) is 0 Å². The number of rotatable bonds is 4. The molecule has 0 aromatic carbocycles. The molecule has 0 aliphatic carbocycles. The van der Waals surface area contributed by atoms with E-state index in [1.807, 2.05) is 14.1 Å². The quantitative estimate of drug-likeness (QED) is 0.473. The van der Waals surface area contributed by atoms with Gasteiger partial charge in [-0.1, -0.05) is 0 Å². The molecule has 2 aromatic heterocycles. The Morgan fingerprint density at radius 3 is 2.84 bits per heavy atom. The van der Waals surface area contributed by atoms with E-state index in [4.69, 9.17) is 4.74 Å². The van der Waals surface area contributed by atoms with Crippen LogP contribution in [0.4, 0.5) is 5.82 Å². The van der Waals surface area contributed by atoms with E-state index in [2.05, 4.69) is 15.1 Å². The lowest BCUT2D eigenvalue weighted by molar-refractivity contribution is -0.0746. The van der Waals surface area contributed by atoms with Gasteiger partial charge in [0, 0.05) is 14.1 Å². The average Bonchev–Trinajstić information content (AvgIpc) is 3.14. The van der Waals surface area contributed by atoms with Gasteiger partial charge in [-0.25, -0.2) is 14.5 Å². The summed E-state index contributed by atoms with van der Waals surface area (Å²) in [5, 5.41) is 43.2. The molecule has 0 unspecified atom stereocenters. The van der Waals surface area contributed by atoms with Crippen LogP contribution in [0.1, 0.15) is 11.8 Å². The molecule has 0 radical (unpaired) electrons. The number of aliphatic imine (C=N–C) groups is 1. The van der Waals surface area contributed by atoms with Crippen molar-refractivity contribution in [3.8, 4) is 6.07 Å². The summed E-state index contributed by atoms with van der Waals surface area (Å²) in [6.07, 6.45) is -1.09. The molecule has 1 fully saturated rings. The predicted molar refractivity (Wildman–Crippen MR) is 86.1 cm³/mol. The normalized spacial score (nSPS) is 29.4.